The van der Waals surface area contributed by atoms with Gasteiger partial charge in [-0.05, 0) is 39.8 Å². The molecule has 0 atom stereocenters. The maximum absolute atomic E-state index is 5.73. The number of para-hydroxylation sites is 2. The standard InChI is InChI=1S/C17H30N2O2/c1-14(2)19(15(3)4)12-10-18-11-13-21-17-9-7-6-8-16(17)20-5/h6-9,14-15,18H,10-13H2,1-5H3. The zero-order chi connectivity index (χ0) is 15.7. The van der Waals surface area contributed by atoms with Gasteiger partial charge in [-0.25, -0.2) is 0 Å². The molecule has 0 amide bonds. The van der Waals surface area contributed by atoms with Crippen LogP contribution in [0.15, 0.2) is 24.3 Å². The van der Waals surface area contributed by atoms with E-state index in [-0.39, 0.29) is 0 Å². The molecular formula is C17H30N2O2. The van der Waals surface area contributed by atoms with E-state index in [0.29, 0.717) is 18.7 Å². The molecule has 0 unspecified atom stereocenters. The van der Waals surface area contributed by atoms with Crippen LogP contribution in [0.5, 0.6) is 11.5 Å². The van der Waals surface area contributed by atoms with Crippen LogP contribution in [0.25, 0.3) is 0 Å². The van der Waals surface area contributed by atoms with Crippen molar-refractivity contribution in [1.82, 2.24) is 10.2 Å². The molecule has 0 heterocycles. The van der Waals surface area contributed by atoms with Crippen LogP contribution in [0.2, 0.25) is 0 Å². The number of ether oxygens (including phenoxy) is 2. The summed E-state index contributed by atoms with van der Waals surface area (Å²) < 4.78 is 11.0. The third-order valence-corrected chi connectivity index (χ3v) is 3.48. The monoisotopic (exact) mass is 294 g/mol. The lowest BCUT2D eigenvalue weighted by Gasteiger charge is -2.30. The van der Waals surface area contributed by atoms with E-state index >= 15 is 0 Å². The number of benzene rings is 1. The van der Waals surface area contributed by atoms with Gasteiger partial charge in [0.1, 0.15) is 6.61 Å². The van der Waals surface area contributed by atoms with E-state index < -0.39 is 0 Å². The molecule has 0 saturated heterocycles. The van der Waals surface area contributed by atoms with E-state index in [2.05, 4.69) is 37.9 Å². The highest BCUT2D eigenvalue weighted by atomic mass is 16.5. The molecule has 0 aromatic heterocycles. The Morgan fingerprint density at radius 2 is 1.62 bits per heavy atom. The molecule has 0 spiro atoms. The summed E-state index contributed by atoms with van der Waals surface area (Å²) in [6, 6.07) is 8.89. The first-order valence-electron chi connectivity index (χ1n) is 7.78. The molecule has 0 bridgehead atoms. The molecule has 0 radical (unpaired) electrons. The van der Waals surface area contributed by atoms with Gasteiger partial charge in [0.25, 0.3) is 0 Å². The fraction of sp³-hybridized carbons (Fsp3) is 0.647. The summed E-state index contributed by atoms with van der Waals surface area (Å²) >= 11 is 0. The quantitative estimate of drug-likeness (QED) is 0.673. The van der Waals surface area contributed by atoms with Crippen molar-refractivity contribution in [2.24, 2.45) is 0 Å². The lowest BCUT2D eigenvalue weighted by atomic mass is 10.2. The van der Waals surface area contributed by atoms with Gasteiger partial charge in [0.2, 0.25) is 0 Å². The number of hydrogen-bond acceptors (Lipinski definition) is 4. The first-order chi connectivity index (χ1) is 10.1. The largest absolute Gasteiger partial charge is 0.493 e. The van der Waals surface area contributed by atoms with Crippen molar-refractivity contribution < 1.29 is 9.47 Å². The topological polar surface area (TPSA) is 33.7 Å². The molecule has 4 nitrogen and oxygen atoms in total. The molecule has 0 aliphatic heterocycles. The van der Waals surface area contributed by atoms with Crippen molar-refractivity contribution in [2.75, 3.05) is 33.4 Å². The van der Waals surface area contributed by atoms with Crippen molar-refractivity contribution in [2.45, 2.75) is 39.8 Å². The number of nitrogens with one attached hydrogen (secondary N) is 1. The highest BCUT2D eigenvalue weighted by molar-refractivity contribution is 5.39. The highest BCUT2D eigenvalue weighted by Gasteiger charge is 2.11. The summed E-state index contributed by atoms with van der Waals surface area (Å²) in [5.41, 5.74) is 0. The average molecular weight is 294 g/mol. The molecule has 1 rings (SSSR count). The normalized spacial score (nSPS) is 11.4. The van der Waals surface area contributed by atoms with Crippen molar-refractivity contribution in [3.8, 4) is 11.5 Å². The molecule has 120 valence electrons. The Labute approximate surface area is 129 Å². The number of nitrogens with zero attached hydrogens (tertiary/aromatic N) is 1. The molecule has 0 aliphatic rings. The van der Waals surface area contributed by atoms with Crippen LogP contribution < -0.4 is 14.8 Å². The Morgan fingerprint density at radius 1 is 1.00 bits per heavy atom. The second-order valence-corrected chi connectivity index (χ2v) is 5.67. The van der Waals surface area contributed by atoms with Gasteiger partial charge in [0.15, 0.2) is 11.5 Å². The van der Waals surface area contributed by atoms with Gasteiger partial charge in [-0.2, -0.15) is 0 Å². The van der Waals surface area contributed by atoms with E-state index in [4.69, 9.17) is 9.47 Å². The smallest absolute Gasteiger partial charge is 0.161 e. The van der Waals surface area contributed by atoms with E-state index in [1.54, 1.807) is 7.11 Å². The molecule has 1 aromatic rings. The molecular weight excluding hydrogens is 264 g/mol. The second-order valence-electron chi connectivity index (χ2n) is 5.67. The first kappa shape index (κ1) is 17.8. The van der Waals surface area contributed by atoms with Crippen LogP contribution in [0.1, 0.15) is 27.7 Å². The van der Waals surface area contributed by atoms with Gasteiger partial charge in [0.05, 0.1) is 7.11 Å². The van der Waals surface area contributed by atoms with Gasteiger partial charge in [-0.15, -0.1) is 0 Å². The van der Waals surface area contributed by atoms with Crippen molar-refractivity contribution >= 4 is 0 Å². The van der Waals surface area contributed by atoms with Crippen LogP contribution in [0, 0.1) is 0 Å². The van der Waals surface area contributed by atoms with Gasteiger partial charge in [0, 0.05) is 31.7 Å². The predicted octanol–water partition coefficient (Wildman–Crippen LogP) is 2.78. The number of rotatable bonds is 10. The number of hydrogen-bond donors (Lipinski definition) is 1. The summed E-state index contributed by atoms with van der Waals surface area (Å²) in [5.74, 6) is 1.58. The van der Waals surface area contributed by atoms with Crippen LogP contribution in [-0.2, 0) is 0 Å². The summed E-state index contributed by atoms with van der Waals surface area (Å²) in [7, 11) is 1.66. The molecule has 21 heavy (non-hydrogen) atoms. The van der Waals surface area contributed by atoms with Crippen LogP contribution >= 0.6 is 0 Å². The van der Waals surface area contributed by atoms with Gasteiger partial charge in [-0.3, -0.25) is 4.90 Å². The Kier molecular flexibility index (Phi) is 8.16. The van der Waals surface area contributed by atoms with Gasteiger partial charge < -0.3 is 14.8 Å². The number of methoxy groups -OCH3 is 1. The summed E-state index contributed by atoms with van der Waals surface area (Å²) in [6.45, 7) is 12.5. The zero-order valence-electron chi connectivity index (χ0n) is 14.1. The lowest BCUT2D eigenvalue weighted by Crippen LogP contribution is -2.41. The highest BCUT2D eigenvalue weighted by Crippen LogP contribution is 2.25. The van der Waals surface area contributed by atoms with Crippen molar-refractivity contribution in [3.63, 3.8) is 0 Å². The van der Waals surface area contributed by atoms with Gasteiger partial charge >= 0.3 is 0 Å². The first-order valence-corrected chi connectivity index (χ1v) is 7.78. The Balaban J connectivity index is 2.20. The molecule has 1 N–H and O–H groups in total. The second kappa shape index (κ2) is 9.64. The minimum atomic E-state index is 0.580. The Bertz CT molecular complexity index is 386. The maximum atomic E-state index is 5.73. The predicted molar refractivity (Wildman–Crippen MR) is 88.3 cm³/mol. The van der Waals surface area contributed by atoms with E-state index in [1.165, 1.54) is 0 Å². The molecule has 0 aliphatic carbocycles. The van der Waals surface area contributed by atoms with Crippen molar-refractivity contribution in [3.05, 3.63) is 24.3 Å². The minimum absolute atomic E-state index is 0.580. The Morgan fingerprint density at radius 3 is 2.19 bits per heavy atom. The summed E-state index contributed by atoms with van der Waals surface area (Å²) in [5, 5.41) is 3.43. The fourth-order valence-electron chi connectivity index (χ4n) is 2.42. The van der Waals surface area contributed by atoms with E-state index in [1.807, 2.05) is 24.3 Å². The maximum Gasteiger partial charge on any atom is 0.161 e. The molecule has 4 heteroatoms. The summed E-state index contributed by atoms with van der Waals surface area (Å²) in [4.78, 5) is 2.48. The average Bonchev–Trinajstić information content (AvgIpc) is 2.45. The zero-order valence-corrected chi connectivity index (χ0v) is 14.1. The third kappa shape index (κ3) is 6.36. The SMILES string of the molecule is COc1ccccc1OCCNCCN(C(C)C)C(C)C. The lowest BCUT2D eigenvalue weighted by molar-refractivity contribution is 0.174. The Hall–Kier alpha value is -1.26. The molecule has 1 aromatic carbocycles. The van der Waals surface area contributed by atoms with Crippen LogP contribution in [0.4, 0.5) is 0 Å². The fourth-order valence-corrected chi connectivity index (χ4v) is 2.42. The third-order valence-electron chi connectivity index (χ3n) is 3.48. The molecule has 0 fully saturated rings. The van der Waals surface area contributed by atoms with E-state index in [0.717, 1.165) is 31.1 Å². The minimum Gasteiger partial charge on any atom is -0.493 e. The van der Waals surface area contributed by atoms with Crippen molar-refractivity contribution in [1.29, 1.82) is 0 Å². The summed E-state index contributed by atoms with van der Waals surface area (Å²) in [6.07, 6.45) is 0. The van der Waals surface area contributed by atoms with Crippen LogP contribution in [-0.4, -0.2) is 50.3 Å². The van der Waals surface area contributed by atoms with E-state index in [9.17, 15) is 0 Å². The van der Waals surface area contributed by atoms with Crippen LogP contribution in [0.3, 0.4) is 0 Å². The van der Waals surface area contributed by atoms with Gasteiger partial charge in [-0.1, -0.05) is 12.1 Å². The molecule has 0 saturated carbocycles.